The molecule has 0 aliphatic heterocycles. The molecule has 0 fully saturated rings. The van der Waals surface area contributed by atoms with Crippen LogP contribution in [0.2, 0.25) is 5.02 Å². The van der Waals surface area contributed by atoms with E-state index in [1.54, 1.807) is 24.4 Å². The van der Waals surface area contributed by atoms with Gasteiger partial charge in [-0.15, -0.1) is 0 Å². The predicted octanol–water partition coefficient (Wildman–Crippen LogP) is 4.43. The lowest BCUT2D eigenvalue weighted by Crippen LogP contribution is -1.99. The quantitative estimate of drug-likeness (QED) is 0.702. The molecule has 0 spiro atoms. The van der Waals surface area contributed by atoms with Crippen LogP contribution in [0.15, 0.2) is 54.7 Å². The normalized spacial score (nSPS) is 10.5. The second-order valence-electron chi connectivity index (χ2n) is 4.99. The first kappa shape index (κ1) is 14.4. The molecule has 1 aromatic heterocycles. The molecule has 3 N–H and O–H groups in total. The second kappa shape index (κ2) is 6.03. The van der Waals surface area contributed by atoms with Gasteiger partial charge in [-0.3, -0.25) is 0 Å². The molecule has 0 radical (unpaired) electrons. The standard InChI is InChI=1S/C17H15ClN4/c1-11-2-5-13(6-3-11)21-17-20-9-8-16(22-17)14-10-12(18)4-7-15(14)19/h2-10H,19H2,1H3,(H,20,21,22). The summed E-state index contributed by atoms with van der Waals surface area (Å²) in [5, 5.41) is 3.80. The smallest absolute Gasteiger partial charge is 0.227 e. The van der Waals surface area contributed by atoms with Gasteiger partial charge in [0.2, 0.25) is 5.95 Å². The van der Waals surface area contributed by atoms with E-state index in [4.69, 9.17) is 17.3 Å². The fraction of sp³-hybridized carbons (Fsp3) is 0.0588. The highest BCUT2D eigenvalue weighted by Crippen LogP contribution is 2.28. The summed E-state index contributed by atoms with van der Waals surface area (Å²) in [6.07, 6.45) is 1.69. The minimum Gasteiger partial charge on any atom is -0.398 e. The number of nitrogens with zero attached hydrogens (tertiary/aromatic N) is 2. The van der Waals surface area contributed by atoms with Crippen molar-refractivity contribution in [3.63, 3.8) is 0 Å². The van der Waals surface area contributed by atoms with Gasteiger partial charge < -0.3 is 11.1 Å². The summed E-state index contributed by atoms with van der Waals surface area (Å²) in [5.74, 6) is 0.515. The van der Waals surface area contributed by atoms with Crippen LogP contribution in [-0.2, 0) is 0 Å². The van der Waals surface area contributed by atoms with Gasteiger partial charge >= 0.3 is 0 Å². The predicted molar refractivity (Wildman–Crippen MR) is 91.4 cm³/mol. The molecule has 1 heterocycles. The van der Waals surface area contributed by atoms with Crippen LogP contribution in [0.4, 0.5) is 17.3 Å². The molecule has 3 rings (SSSR count). The van der Waals surface area contributed by atoms with Crippen LogP contribution in [0.5, 0.6) is 0 Å². The first-order valence-corrected chi connectivity index (χ1v) is 7.22. The van der Waals surface area contributed by atoms with Crippen LogP contribution in [0.1, 0.15) is 5.56 Å². The van der Waals surface area contributed by atoms with Crippen molar-refractivity contribution < 1.29 is 0 Å². The third kappa shape index (κ3) is 3.18. The Labute approximate surface area is 134 Å². The molecule has 0 unspecified atom stereocenters. The maximum atomic E-state index is 6.04. The number of aromatic nitrogens is 2. The lowest BCUT2D eigenvalue weighted by Gasteiger charge is -2.09. The Hall–Kier alpha value is -2.59. The van der Waals surface area contributed by atoms with Crippen molar-refractivity contribution in [3.05, 3.63) is 65.3 Å². The molecule has 0 aliphatic rings. The van der Waals surface area contributed by atoms with E-state index in [9.17, 15) is 0 Å². The molecule has 5 heteroatoms. The third-order valence-electron chi connectivity index (χ3n) is 3.25. The highest BCUT2D eigenvalue weighted by Gasteiger charge is 2.07. The van der Waals surface area contributed by atoms with Crippen molar-refractivity contribution in [2.45, 2.75) is 6.92 Å². The van der Waals surface area contributed by atoms with Gasteiger partial charge in [0.15, 0.2) is 0 Å². The first-order valence-electron chi connectivity index (χ1n) is 6.84. The number of hydrogen-bond donors (Lipinski definition) is 2. The molecule has 22 heavy (non-hydrogen) atoms. The molecular weight excluding hydrogens is 296 g/mol. The highest BCUT2D eigenvalue weighted by molar-refractivity contribution is 6.31. The number of nitrogens with one attached hydrogen (secondary N) is 1. The minimum atomic E-state index is 0.515. The number of anilines is 3. The van der Waals surface area contributed by atoms with Crippen LogP contribution in [-0.4, -0.2) is 9.97 Å². The fourth-order valence-corrected chi connectivity index (χ4v) is 2.26. The van der Waals surface area contributed by atoms with Crippen molar-refractivity contribution >= 4 is 28.9 Å². The summed E-state index contributed by atoms with van der Waals surface area (Å²) in [6, 6.07) is 15.2. The van der Waals surface area contributed by atoms with Crippen LogP contribution >= 0.6 is 11.6 Å². The summed E-state index contributed by atoms with van der Waals surface area (Å²) in [4.78, 5) is 8.74. The van der Waals surface area contributed by atoms with E-state index in [-0.39, 0.29) is 0 Å². The van der Waals surface area contributed by atoms with Crippen LogP contribution in [0, 0.1) is 6.92 Å². The summed E-state index contributed by atoms with van der Waals surface area (Å²) in [5.41, 5.74) is 10.3. The molecule has 0 saturated carbocycles. The number of benzene rings is 2. The molecule has 0 aliphatic carbocycles. The maximum absolute atomic E-state index is 6.04. The highest BCUT2D eigenvalue weighted by atomic mass is 35.5. The van der Waals surface area contributed by atoms with Crippen LogP contribution in [0.3, 0.4) is 0 Å². The molecule has 4 nitrogen and oxygen atoms in total. The SMILES string of the molecule is Cc1ccc(Nc2nccc(-c3cc(Cl)ccc3N)n2)cc1. The molecule has 110 valence electrons. The molecule has 3 aromatic rings. The van der Waals surface area contributed by atoms with Gasteiger partial charge in [-0.05, 0) is 43.3 Å². The van der Waals surface area contributed by atoms with Gasteiger partial charge in [0, 0.05) is 28.2 Å². The van der Waals surface area contributed by atoms with Crippen molar-refractivity contribution in [1.82, 2.24) is 9.97 Å². The Bertz CT molecular complexity index is 800. The minimum absolute atomic E-state index is 0.515. The summed E-state index contributed by atoms with van der Waals surface area (Å²) < 4.78 is 0. The number of aryl methyl sites for hydroxylation is 1. The van der Waals surface area contributed by atoms with E-state index in [2.05, 4.69) is 15.3 Å². The molecular formula is C17H15ClN4. The van der Waals surface area contributed by atoms with E-state index in [1.165, 1.54) is 5.56 Å². The topological polar surface area (TPSA) is 63.8 Å². The lowest BCUT2D eigenvalue weighted by molar-refractivity contribution is 1.17. The fourth-order valence-electron chi connectivity index (χ4n) is 2.09. The molecule has 0 atom stereocenters. The molecule has 0 amide bonds. The number of halogens is 1. The van der Waals surface area contributed by atoms with Crippen LogP contribution < -0.4 is 11.1 Å². The number of hydrogen-bond acceptors (Lipinski definition) is 4. The zero-order valence-electron chi connectivity index (χ0n) is 12.0. The van der Waals surface area contributed by atoms with Crippen molar-refractivity contribution in [2.75, 3.05) is 11.1 Å². The Balaban J connectivity index is 1.92. The maximum Gasteiger partial charge on any atom is 0.227 e. The Morgan fingerprint density at radius 3 is 2.59 bits per heavy atom. The second-order valence-corrected chi connectivity index (χ2v) is 5.42. The van der Waals surface area contributed by atoms with E-state index in [0.29, 0.717) is 16.7 Å². The van der Waals surface area contributed by atoms with Gasteiger partial charge in [-0.2, -0.15) is 0 Å². The van der Waals surface area contributed by atoms with E-state index in [1.807, 2.05) is 37.3 Å². The van der Waals surface area contributed by atoms with Gasteiger partial charge in [-0.1, -0.05) is 29.3 Å². The molecule has 0 saturated heterocycles. The number of rotatable bonds is 3. The largest absolute Gasteiger partial charge is 0.398 e. The van der Waals surface area contributed by atoms with Gasteiger partial charge in [-0.25, -0.2) is 9.97 Å². The Morgan fingerprint density at radius 2 is 1.82 bits per heavy atom. The van der Waals surface area contributed by atoms with Crippen LogP contribution in [0.25, 0.3) is 11.3 Å². The van der Waals surface area contributed by atoms with Crippen molar-refractivity contribution in [2.24, 2.45) is 0 Å². The third-order valence-corrected chi connectivity index (χ3v) is 3.49. The van der Waals surface area contributed by atoms with Gasteiger partial charge in [0.1, 0.15) is 0 Å². The average molecular weight is 311 g/mol. The first-order chi connectivity index (χ1) is 10.6. The monoisotopic (exact) mass is 310 g/mol. The van der Waals surface area contributed by atoms with E-state index < -0.39 is 0 Å². The van der Waals surface area contributed by atoms with Gasteiger partial charge in [0.25, 0.3) is 0 Å². The number of nitrogen functional groups attached to an aromatic ring is 1. The van der Waals surface area contributed by atoms with Crippen molar-refractivity contribution in [1.29, 1.82) is 0 Å². The molecule has 2 aromatic carbocycles. The zero-order valence-corrected chi connectivity index (χ0v) is 12.8. The summed E-state index contributed by atoms with van der Waals surface area (Å²) >= 11 is 6.04. The summed E-state index contributed by atoms with van der Waals surface area (Å²) in [6.45, 7) is 2.04. The Morgan fingerprint density at radius 1 is 1.05 bits per heavy atom. The van der Waals surface area contributed by atoms with E-state index >= 15 is 0 Å². The zero-order chi connectivity index (χ0) is 15.5. The van der Waals surface area contributed by atoms with Crippen molar-refractivity contribution in [3.8, 4) is 11.3 Å². The lowest BCUT2D eigenvalue weighted by atomic mass is 10.1. The van der Waals surface area contributed by atoms with E-state index in [0.717, 1.165) is 16.9 Å². The number of nitrogens with two attached hydrogens (primary N) is 1. The van der Waals surface area contributed by atoms with Gasteiger partial charge in [0.05, 0.1) is 5.69 Å². The average Bonchev–Trinajstić information content (AvgIpc) is 2.52. The molecule has 0 bridgehead atoms. The Kier molecular flexibility index (Phi) is 3.94. The summed E-state index contributed by atoms with van der Waals surface area (Å²) in [7, 11) is 0.